The van der Waals surface area contributed by atoms with E-state index in [4.69, 9.17) is 0 Å². The Bertz CT molecular complexity index is 1110. The molecule has 0 saturated carbocycles. The lowest BCUT2D eigenvalue weighted by atomic mass is 9.98. The van der Waals surface area contributed by atoms with Crippen molar-refractivity contribution >= 4 is 29.0 Å². The number of anilines is 2. The van der Waals surface area contributed by atoms with Gasteiger partial charge in [0.1, 0.15) is 5.82 Å². The summed E-state index contributed by atoms with van der Waals surface area (Å²) in [6.07, 6.45) is 0.263. The molecule has 0 saturated heterocycles. The lowest BCUT2D eigenvalue weighted by Crippen LogP contribution is -2.17. The average Bonchev–Trinajstić information content (AvgIpc) is 3.07. The van der Waals surface area contributed by atoms with Gasteiger partial charge in [0.05, 0.1) is 12.0 Å². The number of hydrogen-bond donors (Lipinski definition) is 2. The van der Waals surface area contributed by atoms with Gasteiger partial charge in [-0.3, -0.25) is 14.4 Å². The maximum Gasteiger partial charge on any atom is 0.256 e. The molecule has 0 bridgehead atoms. The molecular formula is C22H15FN2O3. The molecule has 0 aromatic heterocycles. The van der Waals surface area contributed by atoms with Crippen molar-refractivity contribution in [3.05, 3.63) is 94.8 Å². The fraction of sp³-hybridized carbons (Fsp3) is 0.0455. The molecule has 2 amide bonds. The van der Waals surface area contributed by atoms with Crippen LogP contribution in [0.25, 0.3) is 0 Å². The molecular weight excluding hydrogens is 359 g/mol. The van der Waals surface area contributed by atoms with E-state index in [-0.39, 0.29) is 29.2 Å². The first-order valence-corrected chi connectivity index (χ1v) is 8.65. The van der Waals surface area contributed by atoms with Crippen LogP contribution in [0.5, 0.6) is 0 Å². The van der Waals surface area contributed by atoms with Crippen LogP contribution in [0.2, 0.25) is 0 Å². The van der Waals surface area contributed by atoms with Crippen LogP contribution in [-0.2, 0) is 11.2 Å². The number of fused-ring (bicyclic) bond motifs is 1. The first-order chi connectivity index (χ1) is 13.5. The third-order valence-corrected chi connectivity index (χ3v) is 4.51. The minimum absolute atomic E-state index is 0.0892. The Morgan fingerprint density at radius 2 is 1.64 bits per heavy atom. The topological polar surface area (TPSA) is 75.3 Å². The monoisotopic (exact) mass is 374 g/mol. The van der Waals surface area contributed by atoms with E-state index in [1.807, 2.05) is 0 Å². The highest BCUT2D eigenvalue weighted by Crippen LogP contribution is 2.26. The molecule has 6 heteroatoms. The van der Waals surface area contributed by atoms with E-state index in [9.17, 15) is 18.8 Å². The van der Waals surface area contributed by atoms with Gasteiger partial charge in [-0.15, -0.1) is 0 Å². The number of benzene rings is 3. The molecule has 1 heterocycles. The SMILES string of the molecule is O=C1Cc2cc(NC(=O)c3ccccc3C(=O)c3ccc(F)cc3)ccc2N1. The van der Waals surface area contributed by atoms with E-state index in [0.29, 0.717) is 11.3 Å². The van der Waals surface area contributed by atoms with Gasteiger partial charge in [-0.05, 0) is 54.1 Å². The van der Waals surface area contributed by atoms with E-state index in [2.05, 4.69) is 10.6 Å². The lowest BCUT2D eigenvalue weighted by Gasteiger charge is -2.11. The van der Waals surface area contributed by atoms with Crippen molar-refractivity contribution in [1.82, 2.24) is 0 Å². The predicted molar refractivity (Wildman–Crippen MR) is 103 cm³/mol. The van der Waals surface area contributed by atoms with Crippen LogP contribution in [0.1, 0.15) is 31.8 Å². The molecule has 0 aliphatic carbocycles. The van der Waals surface area contributed by atoms with Crippen LogP contribution >= 0.6 is 0 Å². The van der Waals surface area contributed by atoms with Gasteiger partial charge < -0.3 is 10.6 Å². The summed E-state index contributed by atoms with van der Waals surface area (Å²) in [5, 5.41) is 5.50. The minimum Gasteiger partial charge on any atom is -0.326 e. The van der Waals surface area contributed by atoms with Gasteiger partial charge in [-0.25, -0.2) is 4.39 Å². The van der Waals surface area contributed by atoms with Crippen LogP contribution in [0.4, 0.5) is 15.8 Å². The van der Waals surface area contributed by atoms with E-state index >= 15 is 0 Å². The summed E-state index contributed by atoms with van der Waals surface area (Å²) in [7, 11) is 0. The van der Waals surface area contributed by atoms with Crippen molar-refractivity contribution in [3.8, 4) is 0 Å². The third kappa shape index (κ3) is 3.40. The van der Waals surface area contributed by atoms with Crippen LogP contribution in [0.15, 0.2) is 66.7 Å². The number of carbonyl (C=O) groups is 3. The molecule has 5 nitrogen and oxygen atoms in total. The van der Waals surface area contributed by atoms with Crippen molar-refractivity contribution in [2.24, 2.45) is 0 Å². The van der Waals surface area contributed by atoms with Crippen LogP contribution in [0.3, 0.4) is 0 Å². The second kappa shape index (κ2) is 7.08. The van der Waals surface area contributed by atoms with Crippen LogP contribution in [-0.4, -0.2) is 17.6 Å². The van der Waals surface area contributed by atoms with Gasteiger partial charge in [0.2, 0.25) is 5.91 Å². The van der Waals surface area contributed by atoms with Crippen molar-refractivity contribution < 1.29 is 18.8 Å². The van der Waals surface area contributed by atoms with Gasteiger partial charge in [0.25, 0.3) is 5.91 Å². The third-order valence-electron chi connectivity index (χ3n) is 4.51. The number of halogens is 1. The maximum atomic E-state index is 13.1. The number of hydrogen-bond acceptors (Lipinski definition) is 3. The number of nitrogens with one attached hydrogen (secondary N) is 2. The van der Waals surface area contributed by atoms with Crippen molar-refractivity contribution in [2.45, 2.75) is 6.42 Å². The second-order valence-electron chi connectivity index (χ2n) is 6.43. The molecule has 28 heavy (non-hydrogen) atoms. The summed E-state index contributed by atoms with van der Waals surface area (Å²) < 4.78 is 13.1. The zero-order valence-corrected chi connectivity index (χ0v) is 14.7. The Labute approximate surface area is 160 Å². The Kier molecular flexibility index (Phi) is 4.45. The minimum atomic E-state index is -0.441. The first-order valence-electron chi connectivity index (χ1n) is 8.65. The first kappa shape index (κ1) is 17.6. The van der Waals surface area contributed by atoms with Crippen LogP contribution < -0.4 is 10.6 Å². The van der Waals surface area contributed by atoms with Crippen LogP contribution in [0, 0.1) is 5.82 Å². The van der Waals surface area contributed by atoms with Gasteiger partial charge in [0, 0.05) is 22.5 Å². The highest BCUT2D eigenvalue weighted by Gasteiger charge is 2.20. The van der Waals surface area contributed by atoms with Gasteiger partial charge in [-0.2, -0.15) is 0 Å². The second-order valence-corrected chi connectivity index (χ2v) is 6.43. The summed E-state index contributed by atoms with van der Waals surface area (Å²) in [6, 6.07) is 16.8. The van der Waals surface area contributed by atoms with Gasteiger partial charge in [0.15, 0.2) is 5.78 Å². The van der Waals surface area contributed by atoms with E-state index in [1.165, 1.54) is 24.3 Å². The number of ketones is 1. The number of carbonyl (C=O) groups excluding carboxylic acids is 3. The molecule has 0 radical (unpaired) electrons. The molecule has 0 atom stereocenters. The number of rotatable bonds is 4. The van der Waals surface area contributed by atoms with Gasteiger partial charge in [-0.1, -0.05) is 18.2 Å². The van der Waals surface area contributed by atoms with E-state index < -0.39 is 11.7 Å². The molecule has 138 valence electrons. The van der Waals surface area contributed by atoms with E-state index in [1.54, 1.807) is 42.5 Å². The summed E-state index contributed by atoms with van der Waals surface area (Å²) >= 11 is 0. The normalized spacial score (nSPS) is 12.2. The predicted octanol–water partition coefficient (Wildman–Crippen LogP) is 3.80. The molecule has 3 aromatic rings. The Morgan fingerprint density at radius 3 is 2.39 bits per heavy atom. The van der Waals surface area contributed by atoms with E-state index in [0.717, 1.165) is 11.3 Å². The summed E-state index contributed by atoms with van der Waals surface area (Å²) in [6.45, 7) is 0. The summed E-state index contributed by atoms with van der Waals surface area (Å²) in [5.74, 6) is -1.33. The molecule has 3 aromatic carbocycles. The maximum absolute atomic E-state index is 13.1. The Hall–Kier alpha value is -3.80. The molecule has 0 unspecified atom stereocenters. The molecule has 0 fully saturated rings. The zero-order chi connectivity index (χ0) is 19.7. The fourth-order valence-corrected chi connectivity index (χ4v) is 3.14. The van der Waals surface area contributed by atoms with Crippen molar-refractivity contribution in [2.75, 3.05) is 10.6 Å². The summed E-state index contributed by atoms with van der Waals surface area (Å²) in [4.78, 5) is 37.0. The highest BCUT2D eigenvalue weighted by atomic mass is 19.1. The molecule has 1 aliphatic heterocycles. The fourth-order valence-electron chi connectivity index (χ4n) is 3.14. The zero-order valence-electron chi connectivity index (χ0n) is 14.7. The van der Waals surface area contributed by atoms with Crippen molar-refractivity contribution in [1.29, 1.82) is 0 Å². The molecule has 4 rings (SSSR count). The standard InChI is InChI=1S/C22H15FN2O3/c23-15-7-5-13(6-8-15)21(27)17-3-1-2-4-18(17)22(28)24-16-9-10-19-14(11-16)12-20(26)25-19/h1-11H,12H2,(H,24,28)(H,25,26). The Morgan fingerprint density at radius 1 is 0.929 bits per heavy atom. The number of amides is 2. The average molecular weight is 374 g/mol. The lowest BCUT2D eigenvalue weighted by molar-refractivity contribution is -0.115. The molecule has 1 aliphatic rings. The molecule has 2 N–H and O–H groups in total. The molecule has 0 spiro atoms. The Balaban J connectivity index is 1.60. The largest absolute Gasteiger partial charge is 0.326 e. The highest BCUT2D eigenvalue weighted by molar-refractivity contribution is 6.17. The van der Waals surface area contributed by atoms with Crippen molar-refractivity contribution in [3.63, 3.8) is 0 Å². The quantitative estimate of drug-likeness (QED) is 0.682. The van der Waals surface area contributed by atoms with Gasteiger partial charge >= 0.3 is 0 Å². The summed E-state index contributed by atoms with van der Waals surface area (Å²) in [5.41, 5.74) is 2.80. The smallest absolute Gasteiger partial charge is 0.256 e.